The van der Waals surface area contributed by atoms with Gasteiger partial charge in [-0.15, -0.1) is 0 Å². The molecule has 1 aliphatic heterocycles. The zero-order valence-electron chi connectivity index (χ0n) is 11.7. The maximum Gasteiger partial charge on any atom is 0.417 e. The van der Waals surface area contributed by atoms with E-state index in [2.05, 4.69) is 21.2 Å². The van der Waals surface area contributed by atoms with E-state index < -0.39 is 23.2 Å². The van der Waals surface area contributed by atoms with E-state index in [4.69, 9.17) is 0 Å². The van der Waals surface area contributed by atoms with Gasteiger partial charge in [0.15, 0.2) is 0 Å². The van der Waals surface area contributed by atoms with Crippen LogP contribution in [-0.2, 0) is 6.18 Å². The molecule has 1 saturated heterocycles. The van der Waals surface area contributed by atoms with Gasteiger partial charge in [-0.05, 0) is 32.0 Å². The number of nitrogens with one attached hydrogen (secondary N) is 1. The lowest BCUT2D eigenvalue weighted by molar-refractivity contribution is -0.138. The molecule has 116 valence electrons. The van der Waals surface area contributed by atoms with Crippen LogP contribution >= 0.6 is 15.9 Å². The Balaban J connectivity index is 2.44. The largest absolute Gasteiger partial charge is 0.417 e. The Morgan fingerprint density at radius 1 is 1.38 bits per heavy atom. The topological polar surface area (TPSA) is 32.3 Å². The van der Waals surface area contributed by atoms with Crippen LogP contribution in [0.25, 0.3) is 0 Å². The molecule has 0 aliphatic carbocycles. The molecule has 1 amide bonds. The molecule has 0 bridgehead atoms. The molecular weight excluding hydrogens is 349 g/mol. The monoisotopic (exact) mass is 364 g/mol. The Kier molecular flexibility index (Phi) is 4.35. The molecule has 0 unspecified atom stereocenters. The molecule has 3 nitrogen and oxygen atoms in total. The van der Waals surface area contributed by atoms with Crippen molar-refractivity contribution in [3.63, 3.8) is 0 Å². The fourth-order valence-corrected chi connectivity index (χ4v) is 2.80. The zero-order valence-corrected chi connectivity index (χ0v) is 13.3. The summed E-state index contributed by atoms with van der Waals surface area (Å²) in [5.74, 6) is -0.582. The van der Waals surface area contributed by atoms with Crippen LogP contribution in [-0.4, -0.2) is 36.0 Å². The van der Waals surface area contributed by atoms with Gasteiger partial charge in [-0.25, -0.2) is 0 Å². The molecule has 1 aromatic carbocycles. The molecule has 21 heavy (non-hydrogen) atoms. The first kappa shape index (κ1) is 16.3. The Labute approximate surface area is 129 Å². The van der Waals surface area contributed by atoms with Crippen LogP contribution in [0.3, 0.4) is 0 Å². The van der Waals surface area contributed by atoms with Gasteiger partial charge in [0.2, 0.25) is 0 Å². The molecule has 0 saturated carbocycles. The Morgan fingerprint density at radius 2 is 2.05 bits per heavy atom. The van der Waals surface area contributed by atoms with E-state index in [9.17, 15) is 18.0 Å². The van der Waals surface area contributed by atoms with Crippen molar-refractivity contribution in [1.82, 2.24) is 10.2 Å². The number of amides is 1. The van der Waals surface area contributed by atoms with E-state index in [0.29, 0.717) is 24.1 Å². The number of carbonyl (C=O) groups is 1. The molecule has 1 aromatic rings. The first-order valence-corrected chi connectivity index (χ1v) is 7.32. The average Bonchev–Trinajstić information content (AvgIpc) is 2.36. The second-order valence-electron chi connectivity index (χ2n) is 5.63. The van der Waals surface area contributed by atoms with Gasteiger partial charge in [0.25, 0.3) is 5.91 Å². The normalized spacial score (nSPS) is 18.7. The van der Waals surface area contributed by atoms with Crippen molar-refractivity contribution in [2.24, 2.45) is 0 Å². The smallest absolute Gasteiger partial charge is 0.331 e. The molecule has 1 aliphatic rings. The van der Waals surface area contributed by atoms with E-state index >= 15 is 0 Å². The SMILES string of the molecule is CC1(C)CNCCN1C(=O)c1ccc(Br)cc1C(F)(F)F. The lowest BCUT2D eigenvalue weighted by atomic mass is 9.97. The molecule has 0 spiro atoms. The highest BCUT2D eigenvalue weighted by Gasteiger charge is 2.39. The molecule has 7 heteroatoms. The van der Waals surface area contributed by atoms with Crippen LogP contribution < -0.4 is 5.32 Å². The van der Waals surface area contributed by atoms with Crippen molar-refractivity contribution in [1.29, 1.82) is 0 Å². The number of piperazine rings is 1. The zero-order chi connectivity index (χ0) is 15.8. The fraction of sp³-hybridized carbons (Fsp3) is 0.500. The van der Waals surface area contributed by atoms with E-state index in [1.165, 1.54) is 17.0 Å². The van der Waals surface area contributed by atoms with Crippen molar-refractivity contribution < 1.29 is 18.0 Å². The lowest BCUT2D eigenvalue weighted by Crippen LogP contribution is -2.60. The van der Waals surface area contributed by atoms with Gasteiger partial charge in [-0.1, -0.05) is 15.9 Å². The van der Waals surface area contributed by atoms with Crippen molar-refractivity contribution in [3.8, 4) is 0 Å². The summed E-state index contributed by atoms with van der Waals surface area (Å²) in [5.41, 5.74) is -1.73. The molecule has 1 heterocycles. The van der Waals surface area contributed by atoms with Gasteiger partial charge in [-0.2, -0.15) is 13.2 Å². The number of nitrogens with zero attached hydrogens (tertiary/aromatic N) is 1. The first-order valence-electron chi connectivity index (χ1n) is 6.52. The van der Waals surface area contributed by atoms with Crippen molar-refractivity contribution >= 4 is 21.8 Å². The quantitative estimate of drug-likeness (QED) is 0.829. The van der Waals surface area contributed by atoms with Crippen LogP contribution in [0.1, 0.15) is 29.8 Å². The minimum Gasteiger partial charge on any atom is -0.331 e. The number of alkyl halides is 3. The average molecular weight is 365 g/mol. The number of benzene rings is 1. The Bertz CT molecular complexity index is 558. The second-order valence-corrected chi connectivity index (χ2v) is 6.55. The van der Waals surface area contributed by atoms with Crippen LogP contribution in [0.15, 0.2) is 22.7 Å². The number of hydrogen-bond acceptors (Lipinski definition) is 2. The van der Waals surface area contributed by atoms with Gasteiger partial charge in [0.1, 0.15) is 0 Å². The third-order valence-electron chi connectivity index (χ3n) is 3.56. The lowest BCUT2D eigenvalue weighted by Gasteiger charge is -2.43. The summed E-state index contributed by atoms with van der Waals surface area (Å²) in [6.07, 6.45) is -4.56. The number of halogens is 4. The van der Waals surface area contributed by atoms with Crippen molar-refractivity contribution in [3.05, 3.63) is 33.8 Å². The van der Waals surface area contributed by atoms with Gasteiger partial charge >= 0.3 is 6.18 Å². The van der Waals surface area contributed by atoms with Crippen molar-refractivity contribution in [2.45, 2.75) is 25.6 Å². The molecule has 1 fully saturated rings. The summed E-state index contributed by atoms with van der Waals surface area (Å²) >= 11 is 3.02. The summed E-state index contributed by atoms with van der Waals surface area (Å²) in [4.78, 5) is 14.1. The predicted octanol–water partition coefficient (Wildman–Crippen LogP) is 3.29. The summed E-state index contributed by atoms with van der Waals surface area (Å²) in [5, 5.41) is 3.14. The van der Waals surface area contributed by atoms with Gasteiger partial charge in [0, 0.05) is 24.1 Å². The van der Waals surface area contributed by atoms with E-state index in [1.54, 1.807) is 0 Å². The highest BCUT2D eigenvalue weighted by atomic mass is 79.9. The number of rotatable bonds is 1. The highest BCUT2D eigenvalue weighted by Crippen LogP contribution is 2.35. The van der Waals surface area contributed by atoms with Gasteiger partial charge in [0.05, 0.1) is 16.7 Å². The summed E-state index contributed by atoms with van der Waals surface area (Å²) in [7, 11) is 0. The Hall–Kier alpha value is -1.08. The van der Waals surface area contributed by atoms with Crippen LogP contribution in [0.4, 0.5) is 13.2 Å². The second kappa shape index (κ2) is 5.61. The van der Waals surface area contributed by atoms with Gasteiger partial charge in [-0.3, -0.25) is 4.79 Å². The van der Waals surface area contributed by atoms with Crippen molar-refractivity contribution in [2.75, 3.05) is 19.6 Å². The minimum absolute atomic E-state index is 0.297. The molecule has 0 atom stereocenters. The van der Waals surface area contributed by atoms with Crippen LogP contribution in [0.2, 0.25) is 0 Å². The minimum atomic E-state index is -4.56. The molecule has 1 N–H and O–H groups in total. The third kappa shape index (κ3) is 3.40. The summed E-state index contributed by atoms with van der Waals surface area (Å²) < 4.78 is 39.7. The number of carbonyl (C=O) groups excluding carboxylic acids is 1. The predicted molar refractivity (Wildman–Crippen MR) is 77.1 cm³/mol. The van der Waals surface area contributed by atoms with E-state index in [1.807, 2.05) is 13.8 Å². The Morgan fingerprint density at radius 3 is 2.62 bits per heavy atom. The molecule has 2 rings (SSSR count). The fourth-order valence-electron chi connectivity index (χ4n) is 2.44. The molecule has 0 radical (unpaired) electrons. The standard InChI is InChI=1S/C14H16BrF3N2O/c1-13(2)8-19-5-6-20(13)12(21)10-4-3-9(15)7-11(10)14(16,17)18/h3-4,7,19H,5-6,8H2,1-2H3. The first-order chi connectivity index (χ1) is 9.63. The summed E-state index contributed by atoms with van der Waals surface area (Å²) in [6, 6.07) is 3.63. The third-order valence-corrected chi connectivity index (χ3v) is 4.06. The van der Waals surface area contributed by atoms with Gasteiger partial charge < -0.3 is 10.2 Å². The van der Waals surface area contributed by atoms with Crippen LogP contribution in [0, 0.1) is 0 Å². The molecular formula is C14H16BrF3N2O. The molecule has 0 aromatic heterocycles. The van der Waals surface area contributed by atoms with Crippen LogP contribution in [0.5, 0.6) is 0 Å². The van der Waals surface area contributed by atoms with E-state index in [0.717, 1.165) is 6.07 Å². The summed E-state index contributed by atoms with van der Waals surface area (Å²) in [6.45, 7) is 5.19. The maximum absolute atomic E-state index is 13.1. The number of hydrogen-bond donors (Lipinski definition) is 1. The highest BCUT2D eigenvalue weighted by molar-refractivity contribution is 9.10. The maximum atomic E-state index is 13.1. The van der Waals surface area contributed by atoms with E-state index in [-0.39, 0.29) is 5.56 Å².